The molecule has 2 aromatic carbocycles. The molecule has 0 aliphatic carbocycles. The number of rotatable bonds is 7. The zero-order chi connectivity index (χ0) is 20.4. The molecule has 0 N–H and O–H groups in total. The van der Waals surface area contributed by atoms with Gasteiger partial charge in [0.05, 0.1) is 11.1 Å². The van der Waals surface area contributed by atoms with Crippen LogP contribution in [0.15, 0.2) is 58.2 Å². The van der Waals surface area contributed by atoms with Crippen LogP contribution in [0.3, 0.4) is 0 Å². The van der Waals surface area contributed by atoms with Crippen LogP contribution in [0.25, 0.3) is 0 Å². The van der Waals surface area contributed by atoms with Crippen LogP contribution in [-0.2, 0) is 0 Å². The maximum absolute atomic E-state index is 13.0. The third-order valence-corrected chi connectivity index (χ3v) is 5.11. The zero-order valence-electron chi connectivity index (χ0n) is 15.4. The van der Waals surface area contributed by atoms with Crippen molar-refractivity contribution in [2.45, 2.75) is 18.3 Å². The van der Waals surface area contributed by atoms with Crippen LogP contribution < -0.4 is 4.74 Å². The molecule has 4 rings (SSSR count). The van der Waals surface area contributed by atoms with Gasteiger partial charge in [-0.2, -0.15) is 0 Å². The summed E-state index contributed by atoms with van der Waals surface area (Å²) in [6.07, 6.45) is -0.515. The van der Waals surface area contributed by atoms with E-state index in [1.807, 2.05) is 0 Å². The largest absolute Gasteiger partial charge is 0.481 e. The van der Waals surface area contributed by atoms with Gasteiger partial charge in [0.2, 0.25) is 0 Å². The molecule has 2 amide bonds. The number of hydrogen-bond donors (Lipinski definition) is 0. The van der Waals surface area contributed by atoms with Crippen molar-refractivity contribution in [3.8, 4) is 5.75 Å². The van der Waals surface area contributed by atoms with E-state index in [0.717, 1.165) is 0 Å². The number of thioether (sulfide) groups is 1. The fraction of sp³-hybridized carbons (Fsp3) is 0.200. The summed E-state index contributed by atoms with van der Waals surface area (Å²) in [6.45, 7) is 1.97. The molecule has 0 saturated heterocycles. The highest BCUT2D eigenvalue weighted by Crippen LogP contribution is 2.26. The molecule has 2 heterocycles. The third-order valence-electron chi connectivity index (χ3n) is 4.31. The number of amides is 2. The van der Waals surface area contributed by atoms with E-state index in [4.69, 9.17) is 9.15 Å². The second-order valence-electron chi connectivity index (χ2n) is 6.28. The number of carbonyl (C=O) groups excluding carboxylic acids is 2. The van der Waals surface area contributed by atoms with Gasteiger partial charge in [0.1, 0.15) is 11.6 Å². The van der Waals surface area contributed by atoms with E-state index in [-0.39, 0.29) is 30.1 Å². The van der Waals surface area contributed by atoms with E-state index in [2.05, 4.69) is 10.2 Å². The van der Waals surface area contributed by atoms with Gasteiger partial charge in [-0.3, -0.25) is 14.5 Å². The molecule has 0 bridgehead atoms. The summed E-state index contributed by atoms with van der Waals surface area (Å²) in [5.74, 6) is 0.242. The van der Waals surface area contributed by atoms with Crippen LogP contribution in [0.4, 0.5) is 4.39 Å². The molecule has 0 radical (unpaired) electrons. The van der Waals surface area contributed by atoms with Crippen molar-refractivity contribution in [3.05, 3.63) is 71.4 Å². The van der Waals surface area contributed by atoms with Crippen molar-refractivity contribution in [1.82, 2.24) is 15.1 Å². The summed E-state index contributed by atoms with van der Waals surface area (Å²) in [5.41, 5.74) is 0.851. The Balaban J connectivity index is 1.31. The molecular weight excluding hydrogens is 397 g/mol. The van der Waals surface area contributed by atoms with Crippen molar-refractivity contribution >= 4 is 23.6 Å². The van der Waals surface area contributed by atoms with Crippen molar-refractivity contribution in [2.24, 2.45) is 0 Å². The van der Waals surface area contributed by atoms with Crippen molar-refractivity contribution < 1.29 is 23.1 Å². The predicted octanol–water partition coefficient (Wildman–Crippen LogP) is 3.74. The minimum Gasteiger partial charge on any atom is -0.481 e. The number of nitrogens with zero attached hydrogens (tertiary/aromatic N) is 3. The Bertz CT molecular complexity index is 1020. The summed E-state index contributed by atoms with van der Waals surface area (Å²) in [6, 6.07) is 12.4. The summed E-state index contributed by atoms with van der Waals surface area (Å²) in [5, 5.41) is 8.22. The monoisotopic (exact) mass is 413 g/mol. The summed E-state index contributed by atoms with van der Waals surface area (Å²) in [7, 11) is 0. The molecule has 0 fully saturated rings. The van der Waals surface area contributed by atoms with Crippen LogP contribution in [0, 0.1) is 5.82 Å². The van der Waals surface area contributed by atoms with Crippen LogP contribution >= 0.6 is 11.8 Å². The summed E-state index contributed by atoms with van der Waals surface area (Å²) in [4.78, 5) is 25.9. The van der Waals surface area contributed by atoms with E-state index < -0.39 is 6.10 Å². The molecule has 3 aromatic rings. The lowest BCUT2D eigenvalue weighted by atomic mass is 10.1. The first-order chi connectivity index (χ1) is 14.0. The van der Waals surface area contributed by atoms with Crippen LogP contribution in [0.2, 0.25) is 0 Å². The number of ether oxygens (including phenoxy) is 1. The molecule has 1 aliphatic heterocycles. The van der Waals surface area contributed by atoms with E-state index in [9.17, 15) is 14.0 Å². The zero-order valence-corrected chi connectivity index (χ0v) is 16.2. The van der Waals surface area contributed by atoms with Gasteiger partial charge in [-0.05, 0) is 43.3 Å². The maximum atomic E-state index is 13.0. The first-order valence-electron chi connectivity index (χ1n) is 8.86. The normalized spacial score (nSPS) is 14.2. The Labute approximate surface area is 169 Å². The van der Waals surface area contributed by atoms with Gasteiger partial charge < -0.3 is 9.15 Å². The van der Waals surface area contributed by atoms with Gasteiger partial charge in [-0.1, -0.05) is 23.9 Å². The molecule has 0 saturated carbocycles. The van der Waals surface area contributed by atoms with Crippen LogP contribution in [0.1, 0.15) is 39.6 Å². The lowest BCUT2D eigenvalue weighted by Crippen LogP contribution is -2.31. The third kappa shape index (κ3) is 4.00. The smallest absolute Gasteiger partial charge is 0.276 e. The van der Waals surface area contributed by atoms with Crippen molar-refractivity contribution in [3.63, 3.8) is 0 Å². The average molecular weight is 413 g/mol. The second kappa shape index (κ2) is 8.04. The molecule has 148 valence electrons. The van der Waals surface area contributed by atoms with E-state index in [1.165, 1.54) is 40.9 Å². The highest BCUT2D eigenvalue weighted by Gasteiger charge is 2.34. The summed E-state index contributed by atoms with van der Waals surface area (Å²) >= 11 is 1.25. The molecule has 0 unspecified atom stereocenters. The Morgan fingerprint density at radius 2 is 1.72 bits per heavy atom. The minimum absolute atomic E-state index is 0.232. The number of hydrogen-bond acceptors (Lipinski definition) is 7. The average Bonchev–Trinajstić information content (AvgIpc) is 3.29. The fourth-order valence-corrected chi connectivity index (χ4v) is 3.57. The lowest BCUT2D eigenvalue weighted by Gasteiger charge is -2.12. The predicted molar refractivity (Wildman–Crippen MR) is 102 cm³/mol. The van der Waals surface area contributed by atoms with E-state index in [1.54, 1.807) is 31.2 Å². The van der Waals surface area contributed by atoms with Crippen molar-refractivity contribution in [1.29, 1.82) is 0 Å². The molecular formula is C20H16FN3O4S. The van der Waals surface area contributed by atoms with Gasteiger partial charge in [0.25, 0.3) is 22.9 Å². The van der Waals surface area contributed by atoms with Crippen LogP contribution in [-0.4, -0.2) is 39.2 Å². The summed E-state index contributed by atoms with van der Waals surface area (Å²) < 4.78 is 24.2. The quantitative estimate of drug-likeness (QED) is 0.431. The maximum Gasteiger partial charge on any atom is 0.276 e. The highest BCUT2D eigenvalue weighted by atomic mass is 32.2. The van der Waals surface area contributed by atoms with Crippen LogP contribution in [0.5, 0.6) is 5.75 Å². The van der Waals surface area contributed by atoms with Gasteiger partial charge in [0.15, 0.2) is 6.10 Å². The first-order valence-corrected chi connectivity index (χ1v) is 9.85. The van der Waals surface area contributed by atoms with Gasteiger partial charge in [-0.25, -0.2) is 4.39 Å². The topological polar surface area (TPSA) is 85.5 Å². The first kappa shape index (κ1) is 19.1. The molecule has 1 aliphatic rings. The molecule has 0 spiro atoms. The highest BCUT2D eigenvalue weighted by molar-refractivity contribution is 7.99. The SMILES string of the molecule is C[C@H](Oc1ccc(F)cc1)c1nnc(SCCN2C(=O)c3ccccc3C2=O)o1. The molecule has 7 nitrogen and oxygen atoms in total. The number of carbonyl (C=O) groups is 2. The lowest BCUT2D eigenvalue weighted by molar-refractivity contribution is 0.0664. The second-order valence-corrected chi connectivity index (χ2v) is 7.32. The Morgan fingerprint density at radius 3 is 2.38 bits per heavy atom. The Hall–Kier alpha value is -3.20. The van der Waals surface area contributed by atoms with E-state index >= 15 is 0 Å². The van der Waals surface area contributed by atoms with Gasteiger partial charge >= 0.3 is 0 Å². The number of benzene rings is 2. The minimum atomic E-state index is -0.515. The van der Waals surface area contributed by atoms with Crippen molar-refractivity contribution in [2.75, 3.05) is 12.3 Å². The number of imide groups is 1. The molecule has 9 heteroatoms. The molecule has 1 atom stereocenters. The van der Waals surface area contributed by atoms with E-state index in [0.29, 0.717) is 27.9 Å². The molecule has 29 heavy (non-hydrogen) atoms. The number of halogens is 1. The Kier molecular flexibility index (Phi) is 5.30. The van der Waals surface area contributed by atoms with Gasteiger partial charge in [-0.15, -0.1) is 10.2 Å². The Morgan fingerprint density at radius 1 is 1.07 bits per heavy atom. The number of aromatic nitrogens is 2. The number of fused-ring (bicyclic) bond motifs is 1. The molecule has 1 aromatic heterocycles. The fourth-order valence-electron chi connectivity index (χ4n) is 2.88. The standard InChI is InChI=1S/C20H16FN3O4S/c1-12(27-14-8-6-13(21)7-9-14)17-22-23-20(28-17)29-11-10-24-18(25)15-4-2-3-5-16(15)19(24)26/h2-9,12H,10-11H2,1H3/t12-/m0/s1. The van der Waals surface area contributed by atoms with Gasteiger partial charge in [0, 0.05) is 12.3 Å².